The minimum atomic E-state index is 0.714. The van der Waals surface area contributed by atoms with Crippen LogP contribution in [-0.4, -0.2) is 33.5 Å². The van der Waals surface area contributed by atoms with E-state index in [9.17, 15) is 0 Å². The monoisotopic (exact) mass is 214 g/mol. The Bertz CT molecular complexity index is 261. The fourth-order valence-corrected chi connectivity index (χ4v) is 1.95. The summed E-state index contributed by atoms with van der Waals surface area (Å²) in [4.78, 5) is 0. The molecule has 0 radical (unpaired) electrons. The zero-order chi connectivity index (χ0) is 10.4. The molecule has 0 saturated carbocycles. The average Bonchev–Trinajstić information content (AvgIpc) is 2.52. The van der Waals surface area contributed by atoms with Gasteiger partial charge in [0, 0.05) is 13.6 Å². The molecule has 0 saturated heterocycles. The molecule has 80 valence electrons. The number of hydrogen-bond donors (Lipinski definition) is 1. The van der Waals surface area contributed by atoms with E-state index in [-0.39, 0.29) is 0 Å². The van der Waals surface area contributed by atoms with Crippen molar-refractivity contribution in [1.82, 2.24) is 20.3 Å². The number of hydrogen-bond acceptors (Lipinski definition) is 4. The third kappa shape index (κ3) is 3.67. The van der Waals surface area contributed by atoms with Gasteiger partial charge in [0.1, 0.15) is 0 Å². The summed E-state index contributed by atoms with van der Waals surface area (Å²) < 4.78 is 1.80. The maximum absolute atomic E-state index is 3.87. The summed E-state index contributed by atoms with van der Waals surface area (Å²) in [6.45, 7) is 4.15. The number of nitrogens with one attached hydrogen (secondary N) is 1. The molecule has 4 nitrogen and oxygen atoms in total. The molecule has 0 bridgehead atoms. The normalized spacial score (nSPS) is 13.1. The number of thioether (sulfide) groups is 1. The lowest BCUT2D eigenvalue weighted by Crippen LogP contribution is -2.23. The molecule has 0 aliphatic carbocycles. The third-order valence-electron chi connectivity index (χ3n) is 2.06. The minimum absolute atomic E-state index is 0.714. The molecule has 0 amide bonds. The van der Waals surface area contributed by atoms with Crippen molar-refractivity contribution in [3.8, 4) is 0 Å². The van der Waals surface area contributed by atoms with E-state index < -0.39 is 0 Å². The molecule has 0 fully saturated rings. The van der Waals surface area contributed by atoms with Crippen molar-refractivity contribution in [2.75, 3.05) is 18.6 Å². The summed E-state index contributed by atoms with van der Waals surface area (Å²) in [5.41, 5.74) is 1.13. The Labute approximate surface area is 89.5 Å². The van der Waals surface area contributed by atoms with Crippen molar-refractivity contribution in [2.45, 2.75) is 13.5 Å². The van der Waals surface area contributed by atoms with Crippen molar-refractivity contribution >= 4 is 11.8 Å². The van der Waals surface area contributed by atoms with Gasteiger partial charge < -0.3 is 5.32 Å². The van der Waals surface area contributed by atoms with Gasteiger partial charge in [-0.1, -0.05) is 12.1 Å². The van der Waals surface area contributed by atoms with Crippen LogP contribution in [0.5, 0.6) is 0 Å². The van der Waals surface area contributed by atoms with Gasteiger partial charge in [0.15, 0.2) is 0 Å². The molecular formula is C9H18N4S. The largest absolute Gasteiger partial charge is 0.311 e. The van der Waals surface area contributed by atoms with Gasteiger partial charge in [0.2, 0.25) is 0 Å². The lowest BCUT2D eigenvalue weighted by molar-refractivity contribution is 0.541. The van der Waals surface area contributed by atoms with Crippen LogP contribution in [0.4, 0.5) is 0 Å². The maximum Gasteiger partial charge on any atom is 0.0738 e. The van der Waals surface area contributed by atoms with Crippen molar-refractivity contribution in [3.05, 3.63) is 11.9 Å². The molecule has 1 heterocycles. The van der Waals surface area contributed by atoms with Gasteiger partial charge in [-0.2, -0.15) is 11.8 Å². The molecule has 0 aliphatic heterocycles. The van der Waals surface area contributed by atoms with Gasteiger partial charge in [-0.3, -0.25) is 4.68 Å². The number of nitrogens with zero attached hydrogens (tertiary/aromatic N) is 3. The Kier molecular flexibility index (Phi) is 4.97. The molecule has 14 heavy (non-hydrogen) atoms. The van der Waals surface area contributed by atoms with Crippen LogP contribution in [0.1, 0.15) is 12.6 Å². The maximum atomic E-state index is 3.87. The molecule has 5 heteroatoms. The zero-order valence-corrected chi connectivity index (χ0v) is 9.84. The number of aryl methyl sites for hydroxylation is 1. The van der Waals surface area contributed by atoms with Crippen LogP contribution in [0, 0.1) is 5.92 Å². The second-order valence-corrected chi connectivity index (χ2v) is 4.45. The molecule has 0 aliphatic rings. The number of aromatic nitrogens is 3. The van der Waals surface area contributed by atoms with Crippen LogP contribution in [0.3, 0.4) is 0 Å². The fourth-order valence-electron chi connectivity index (χ4n) is 1.26. The molecule has 0 spiro atoms. The summed E-state index contributed by atoms with van der Waals surface area (Å²) in [5, 5.41) is 11.1. The highest BCUT2D eigenvalue weighted by Gasteiger charge is 2.02. The second-order valence-electron chi connectivity index (χ2n) is 3.54. The van der Waals surface area contributed by atoms with Crippen LogP contribution >= 0.6 is 11.8 Å². The third-order valence-corrected chi connectivity index (χ3v) is 2.96. The highest BCUT2D eigenvalue weighted by atomic mass is 32.2. The Morgan fingerprint density at radius 1 is 1.64 bits per heavy atom. The van der Waals surface area contributed by atoms with Crippen LogP contribution in [0.25, 0.3) is 0 Å². The Morgan fingerprint density at radius 2 is 2.43 bits per heavy atom. The molecule has 1 N–H and O–H groups in total. The average molecular weight is 214 g/mol. The molecule has 1 rings (SSSR count). The van der Waals surface area contributed by atoms with Crippen molar-refractivity contribution in [1.29, 1.82) is 0 Å². The van der Waals surface area contributed by atoms with Crippen molar-refractivity contribution in [2.24, 2.45) is 13.0 Å². The van der Waals surface area contributed by atoms with Gasteiger partial charge in [-0.25, -0.2) is 0 Å². The Morgan fingerprint density at radius 3 is 3.00 bits per heavy atom. The molecule has 1 aromatic heterocycles. The van der Waals surface area contributed by atoms with E-state index in [1.165, 1.54) is 5.75 Å². The van der Waals surface area contributed by atoms with E-state index in [0.717, 1.165) is 18.8 Å². The minimum Gasteiger partial charge on any atom is -0.311 e. The van der Waals surface area contributed by atoms with E-state index in [1.54, 1.807) is 10.9 Å². The van der Waals surface area contributed by atoms with Crippen LogP contribution in [0.2, 0.25) is 0 Å². The first-order chi connectivity index (χ1) is 6.74. The number of rotatable bonds is 6. The van der Waals surface area contributed by atoms with E-state index in [2.05, 4.69) is 28.8 Å². The predicted octanol–water partition coefficient (Wildman–Crippen LogP) is 0.904. The van der Waals surface area contributed by atoms with Crippen molar-refractivity contribution < 1.29 is 0 Å². The first-order valence-corrected chi connectivity index (χ1v) is 6.16. The summed E-state index contributed by atoms with van der Waals surface area (Å²) in [7, 11) is 1.91. The van der Waals surface area contributed by atoms with E-state index >= 15 is 0 Å². The highest BCUT2D eigenvalue weighted by molar-refractivity contribution is 7.98. The standard InChI is InChI=1S/C9H18N4S/c1-8(7-14-3)4-10-5-9-6-11-12-13(9)2/h6,8,10H,4-5,7H2,1-3H3. The Hall–Kier alpha value is -0.550. The van der Waals surface area contributed by atoms with Crippen LogP contribution in [0.15, 0.2) is 6.20 Å². The second kappa shape index (κ2) is 6.03. The first kappa shape index (κ1) is 11.5. The van der Waals surface area contributed by atoms with Gasteiger partial charge >= 0.3 is 0 Å². The molecular weight excluding hydrogens is 196 g/mol. The van der Waals surface area contributed by atoms with Crippen molar-refractivity contribution in [3.63, 3.8) is 0 Å². The molecule has 1 atom stereocenters. The quantitative estimate of drug-likeness (QED) is 0.764. The highest BCUT2D eigenvalue weighted by Crippen LogP contribution is 2.03. The van der Waals surface area contributed by atoms with E-state index in [4.69, 9.17) is 0 Å². The Balaban J connectivity index is 2.19. The van der Waals surface area contributed by atoms with Gasteiger partial charge in [-0.05, 0) is 24.5 Å². The SMILES string of the molecule is CSCC(C)CNCc1cnnn1C. The summed E-state index contributed by atoms with van der Waals surface area (Å²) >= 11 is 1.89. The predicted molar refractivity (Wildman–Crippen MR) is 60.3 cm³/mol. The lowest BCUT2D eigenvalue weighted by atomic mass is 10.2. The molecule has 1 unspecified atom stereocenters. The van der Waals surface area contributed by atoms with E-state index in [1.807, 2.05) is 18.8 Å². The van der Waals surface area contributed by atoms with E-state index in [0.29, 0.717) is 5.92 Å². The summed E-state index contributed by atoms with van der Waals surface area (Å²) in [5.74, 6) is 1.92. The van der Waals surface area contributed by atoms with Gasteiger partial charge in [0.05, 0.1) is 11.9 Å². The summed E-state index contributed by atoms with van der Waals surface area (Å²) in [6.07, 6.45) is 3.94. The summed E-state index contributed by atoms with van der Waals surface area (Å²) in [6, 6.07) is 0. The smallest absolute Gasteiger partial charge is 0.0738 e. The lowest BCUT2D eigenvalue weighted by Gasteiger charge is -2.10. The van der Waals surface area contributed by atoms with Crippen LogP contribution in [-0.2, 0) is 13.6 Å². The fraction of sp³-hybridized carbons (Fsp3) is 0.778. The van der Waals surface area contributed by atoms with Crippen LogP contribution < -0.4 is 5.32 Å². The van der Waals surface area contributed by atoms with Gasteiger partial charge in [0.25, 0.3) is 0 Å². The first-order valence-electron chi connectivity index (χ1n) is 4.77. The molecule has 0 aromatic carbocycles. The topological polar surface area (TPSA) is 42.7 Å². The van der Waals surface area contributed by atoms with Gasteiger partial charge in [-0.15, -0.1) is 5.10 Å². The molecule has 1 aromatic rings. The zero-order valence-electron chi connectivity index (χ0n) is 9.03.